The molecule has 2 aliphatic heterocycles. The summed E-state index contributed by atoms with van der Waals surface area (Å²) in [5.41, 5.74) is 1.78. The maximum absolute atomic E-state index is 5.69. The van der Waals surface area contributed by atoms with Gasteiger partial charge in [0.15, 0.2) is 0 Å². The Bertz CT molecular complexity index is 404. The standard InChI is InChI=1S/C13H19ClN4/c1-17-9-13(10-17)2-4-18(5-3-13)8-11-6-15-12(14)16-7-11/h6-7H,2-5,8-10H2,1H3. The third-order valence-corrected chi connectivity index (χ3v) is 4.40. The maximum Gasteiger partial charge on any atom is 0.222 e. The summed E-state index contributed by atoms with van der Waals surface area (Å²) in [5.74, 6) is 0. The molecule has 5 heteroatoms. The summed E-state index contributed by atoms with van der Waals surface area (Å²) in [7, 11) is 2.21. The van der Waals surface area contributed by atoms with Crippen molar-refractivity contribution in [1.29, 1.82) is 0 Å². The molecule has 1 aromatic heterocycles. The summed E-state index contributed by atoms with van der Waals surface area (Å²) in [4.78, 5) is 13.0. The summed E-state index contributed by atoms with van der Waals surface area (Å²) in [5, 5.41) is 0.328. The van der Waals surface area contributed by atoms with Gasteiger partial charge in [-0.1, -0.05) is 0 Å². The van der Waals surface area contributed by atoms with Gasteiger partial charge in [-0.3, -0.25) is 4.90 Å². The van der Waals surface area contributed by atoms with E-state index in [1.165, 1.54) is 39.0 Å². The first kappa shape index (κ1) is 12.3. The van der Waals surface area contributed by atoms with Crippen molar-refractivity contribution < 1.29 is 0 Å². The van der Waals surface area contributed by atoms with Crippen LogP contribution in [0.2, 0.25) is 5.28 Å². The number of likely N-dealkylation sites (tertiary alicyclic amines) is 2. The zero-order valence-electron chi connectivity index (χ0n) is 10.8. The van der Waals surface area contributed by atoms with E-state index in [9.17, 15) is 0 Å². The number of piperidine rings is 1. The molecular formula is C13H19ClN4. The Morgan fingerprint density at radius 3 is 2.39 bits per heavy atom. The van der Waals surface area contributed by atoms with Crippen LogP contribution in [0.4, 0.5) is 0 Å². The van der Waals surface area contributed by atoms with Crippen LogP contribution in [-0.2, 0) is 6.54 Å². The van der Waals surface area contributed by atoms with Gasteiger partial charge in [-0.05, 0) is 50.0 Å². The van der Waals surface area contributed by atoms with Gasteiger partial charge >= 0.3 is 0 Å². The van der Waals surface area contributed by atoms with Gasteiger partial charge in [0, 0.05) is 37.6 Å². The predicted octanol–water partition coefficient (Wildman–Crippen LogP) is 1.66. The molecule has 2 fully saturated rings. The van der Waals surface area contributed by atoms with Crippen LogP contribution in [0.3, 0.4) is 0 Å². The van der Waals surface area contributed by atoms with Crippen LogP contribution in [0, 0.1) is 5.41 Å². The van der Waals surface area contributed by atoms with E-state index in [1.807, 2.05) is 12.4 Å². The van der Waals surface area contributed by atoms with E-state index >= 15 is 0 Å². The molecule has 0 radical (unpaired) electrons. The molecule has 98 valence electrons. The molecule has 4 nitrogen and oxygen atoms in total. The summed E-state index contributed by atoms with van der Waals surface area (Å²) in [6.45, 7) is 5.89. The molecule has 0 atom stereocenters. The van der Waals surface area contributed by atoms with Crippen LogP contribution in [0.1, 0.15) is 18.4 Å². The van der Waals surface area contributed by atoms with Crippen molar-refractivity contribution in [1.82, 2.24) is 19.8 Å². The minimum atomic E-state index is 0.328. The second kappa shape index (κ2) is 4.76. The first-order chi connectivity index (χ1) is 8.65. The van der Waals surface area contributed by atoms with E-state index in [2.05, 4.69) is 26.8 Å². The molecule has 1 aromatic rings. The molecule has 2 aliphatic rings. The van der Waals surface area contributed by atoms with Gasteiger partial charge in [0.05, 0.1) is 0 Å². The Morgan fingerprint density at radius 2 is 1.83 bits per heavy atom. The van der Waals surface area contributed by atoms with Crippen molar-refractivity contribution >= 4 is 11.6 Å². The van der Waals surface area contributed by atoms with Crippen molar-refractivity contribution in [3.63, 3.8) is 0 Å². The number of aromatic nitrogens is 2. The van der Waals surface area contributed by atoms with E-state index < -0.39 is 0 Å². The number of hydrogen-bond acceptors (Lipinski definition) is 4. The fraction of sp³-hybridized carbons (Fsp3) is 0.692. The highest BCUT2D eigenvalue weighted by Gasteiger charge is 2.42. The Balaban J connectivity index is 1.52. The maximum atomic E-state index is 5.69. The summed E-state index contributed by atoms with van der Waals surface area (Å²) in [6.07, 6.45) is 6.31. The summed E-state index contributed by atoms with van der Waals surface area (Å²) in [6, 6.07) is 0. The molecule has 2 saturated heterocycles. The van der Waals surface area contributed by atoms with Gasteiger partial charge < -0.3 is 4.90 Å². The third-order valence-electron chi connectivity index (χ3n) is 4.21. The van der Waals surface area contributed by atoms with Crippen LogP contribution < -0.4 is 0 Å². The molecule has 18 heavy (non-hydrogen) atoms. The van der Waals surface area contributed by atoms with Crippen molar-refractivity contribution in [2.75, 3.05) is 33.2 Å². The molecule has 0 aliphatic carbocycles. The second-order valence-electron chi connectivity index (χ2n) is 5.81. The van der Waals surface area contributed by atoms with Crippen molar-refractivity contribution in [3.05, 3.63) is 23.2 Å². The Morgan fingerprint density at radius 1 is 1.22 bits per heavy atom. The third kappa shape index (κ3) is 2.51. The predicted molar refractivity (Wildman–Crippen MR) is 71.5 cm³/mol. The lowest BCUT2D eigenvalue weighted by atomic mass is 9.72. The quantitative estimate of drug-likeness (QED) is 0.762. The SMILES string of the molecule is CN1CC2(CCN(Cc3cnc(Cl)nc3)CC2)C1. The number of halogens is 1. The molecule has 3 heterocycles. The van der Waals surface area contributed by atoms with Crippen LogP contribution in [0.25, 0.3) is 0 Å². The zero-order chi connectivity index (χ0) is 12.6. The molecule has 0 amide bonds. The molecule has 0 unspecified atom stereocenters. The fourth-order valence-corrected chi connectivity index (χ4v) is 3.38. The monoisotopic (exact) mass is 266 g/mol. The number of hydrogen-bond donors (Lipinski definition) is 0. The molecule has 0 aromatic carbocycles. The highest BCUT2D eigenvalue weighted by molar-refractivity contribution is 6.28. The first-order valence-corrected chi connectivity index (χ1v) is 6.90. The molecule has 0 bridgehead atoms. The Kier molecular flexibility index (Phi) is 3.26. The van der Waals surface area contributed by atoms with E-state index in [0.29, 0.717) is 10.7 Å². The van der Waals surface area contributed by atoms with Gasteiger partial charge in [-0.2, -0.15) is 0 Å². The van der Waals surface area contributed by atoms with Crippen LogP contribution >= 0.6 is 11.6 Å². The molecule has 0 saturated carbocycles. The van der Waals surface area contributed by atoms with Gasteiger partial charge in [-0.25, -0.2) is 9.97 Å². The van der Waals surface area contributed by atoms with Crippen LogP contribution in [-0.4, -0.2) is 53.0 Å². The average Bonchev–Trinajstić information content (AvgIpc) is 2.33. The lowest BCUT2D eigenvalue weighted by Gasteiger charge is -2.53. The highest BCUT2D eigenvalue weighted by atomic mass is 35.5. The lowest BCUT2D eigenvalue weighted by Crippen LogP contribution is -2.58. The number of rotatable bonds is 2. The van der Waals surface area contributed by atoms with Crippen LogP contribution in [0.5, 0.6) is 0 Å². The van der Waals surface area contributed by atoms with Gasteiger partial charge in [0.25, 0.3) is 0 Å². The van der Waals surface area contributed by atoms with E-state index in [-0.39, 0.29) is 0 Å². The topological polar surface area (TPSA) is 32.3 Å². The molecule has 1 spiro atoms. The van der Waals surface area contributed by atoms with Crippen LogP contribution in [0.15, 0.2) is 12.4 Å². The second-order valence-corrected chi connectivity index (χ2v) is 6.15. The van der Waals surface area contributed by atoms with Gasteiger partial charge in [0.1, 0.15) is 0 Å². The van der Waals surface area contributed by atoms with Crippen molar-refractivity contribution in [3.8, 4) is 0 Å². The number of nitrogens with zero attached hydrogens (tertiary/aromatic N) is 4. The van der Waals surface area contributed by atoms with E-state index in [4.69, 9.17) is 11.6 Å². The first-order valence-electron chi connectivity index (χ1n) is 6.53. The fourth-order valence-electron chi connectivity index (χ4n) is 3.28. The summed E-state index contributed by atoms with van der Waals surface area (Å²) >= 11 is 5.69. The normalized spacial score (nSPS) is 24.1. The molecular weight excluding hydrogens is 248 g/mol. The smallest absolute Gasteiger partial charge is 0.222 e. The zero-order valence-corrected chi connectivity index (χ0v) is 11.5. The Hall–Kier alpha value is -0.710. The Labute approximate surface area is 113 Å². The highest BCUT2D eigenvalue weighted by Crippen LogP contribution is 2.39. The summed E-state index contributed by atoms with van der Waals surface area (Å²) < 4.78 is 0. The lowest BCUT2D eigenvalue weighted by molar-refractivity contribution is -0.0329. The largest absolute Gasteiger partial charge is 0.305 e. The molecule has 3 rings (SSSR count). The van der Waals surface area contributed by atoms with Crippen molar-refractivity contribution in [2.45, 2.75) is 19.4 Å². The van der Waals surface area contributed by atoms with Gasteiger partial charge in [-0.15, -0.1) is 0 Å². The van der Waals surface area contributed by atoms with Gasteiger partial charge in [0.2, 0.25) is 5.28 Å². The molecule has 0 N–H and O–H groups in total. The minimum absolute atomic E-state index is 0.328. The van der Waals surface area contributed by atoms with Crippen molar-refractivity contribution in [2.24, 2.45) is 5.41 Å². The van der Waals surface area contributed by atoms with E-state index in [1.54, 1.807) is 0 Å². The average molecular weight is 267 g/mol. The minimum Gasteiger partial charge on any atom is -0.305 e. The van der Waals surface area contributed by atoms with E-state index in [0.717, 1.165) is 12.1 Å².